The second kappa shape index (κ2) is 6.13. The number of piperazine rings is 2. The largest absolute Gasteiger partial charge is 0.345 e. The molecular weight excluding hydrogens is 284 g/mol. The Kier molecular flexibility index (Phi) is 4.04. The Hall–Kier alpha value is -2.44. The van der Waals surface area contributed by atoms with Crippen molar-refractivity contribution in [3.05, 3.63) is 30.1 Å². The molecule has 7 nitrogen and oxygen atoms in total. The minimum Gasteiger partial charge on any atom is -0.345 e. The van der Waals surface area contributed by atoms with Crippen LogP contribution in [0.2, 0.25) is 0 Å². The SMILES string of the molecule is O=C1NCC(=O)N2CCN(C(=O)CCc3cccnc3)CC12. The van der Waals surface area contributed by atoms with Crippen molar-refractivity contribution in [1.82, 2.24) is 20.1 Å². The van der Waals surface area contributed by atoms with Gasteiger partial charge in [-0.15, -0.1) is 0 Å². The van der Waals surface area contributed by atoms with Gasteiger partial charge in [0.1, 0.15) is 6.04 Å². The summed E-state index contributed by atoms with van der Waals surface area (Å²) in [4.78, 5) is 43.2. The molecule has 1 aromatic rings. The van der Waals surface area contributed by atoms with Gasteiger partial charge in [-0.2, -0.15) is 0 Å². The van der Waals surface area contributed by atoms with Gasteiger partial charge in [0.25, 0.3) is 0 Å². The lowest BCUT2D eigenvalue weighted by Gasteiger charge is -2.42. The first-order valence-corrected chi connectivity index (χ1v) is 7.39. The fourth-order valence-corrected chi connectivity index (χ4v) is 2.87. The zero-order valence-electron chi connectivity index (χ0n) is 12.2. The number of fused-ring (bicyclic) bond motifs is 1. The van der Waals surface area contributed by atoms with Crippen molar-refractivity contribution in [2.45, 2.75) is 18.9 Å². The van der Waals surface area contributed by atoms with E-state index in [2.05, 4.69) is 10.3 Å². The van der Waals surface area contributed by atoms with Crippen LogP contribution >= 0.6 is 0 Å². The van der Waals surface area contributed by atoms with E-state index in [0.29, 0.717) is 25.9 Å². The molecule has 7 heteroatoms. The summed E-state index contributed by atoms with van der Waals surface area (Å²) in [6.07, 6.45) is 4.46. The van der Waals surface area contributed by atoms with E-state index in [1.807, 2.05) is 12.1 Å². The molecular formula is C15H18N4O3. The molecule has 1 atom stereocenters. The lowest BCUT2D eigenvalue weighted by Crippen LogP contribution is -2.66. The summed E-state index contributed by atoms with van der Waals surface area (Å²) in [6, 6.07) is 3.24. The molecule has 116 valence electrons. The fourth-order valence-electron chi connectivity index (χ4n) is 2.87. The molecule has 2 aliphatic heterocycles. The first-order chi connectivity index (χ1) is 10.6. The van der Waals surface area contributed by atoms with Crippen LogP contribution in [-0.4, -0.2) is 64.7 Å². The van der Waals surface area contributed by atoms with Gasteiger partial charge in [-0.3, -0.25) is 19.4 Å². The Bertz CT molecular complexity index is 590. The highest BCUT2D eigenvalue weighted by molar-refractivity contribution is 5.95. The van der Waals surface area contributed by atoms with E-state index >= 15 is 0 Å². The monoisotopic (exact) mass is 302 g/mol. The topological polar surface area (TPSA) is 82.6 Å². The number of hydrogen-bond donors (Lipinski definition) is 1. The van der Waals surface area contributed by atoms with Crippen molar-refractivity contribution < 1.29 is 14.4 Å². The standard InChI is InChI=1S/C15H18N4O3/c20-13(4-3-11-2-1-5-16-8-11)18-6-7-19-12(10-18)15(22)17-9-14(19)21/h1-2,5,8,12H,3-4,6-7,9-10H2,(H,17,22). The third kappa shape index (κ3) is 2.93. The lowest BCUT2D eigenvalue weighted by molar-refractivity contribution is -0.152. The van der Waals surface area contributed by atoms with Gasteiger partial charge in [0.15, 0.2) is 0 Å². The van der Waals surface area contributed by atoms with Crippen molar-refractivity contribution in [1.29, 1.82) is 0 Å². The first kappa shape index (κ1) is 14.5. The zero-order valence-corrected chi connectivity index (χ0v) is 12.2. The van der Waals surface area contributed by atoms with Crippen molar-refractivity contribution in [3.63, 3.8) is 0 Å². The van der Waals surface area contributed by atoms with Gasteiger partial charge in [0.2, 0.25) is 17.7 Å². The van der Waals surface area contributed by atoms with E-state index in [1.165, 1.54) is 0 Å². The summed E-state index contributed by atoms with van der Waals surface area (Å²) in [5.74, 6) is -0.245. The molecule has 2 saturated heterocycles. The summed E-state index contributed by atoms with van der Waals surface area (Å²) in [6.45, 7) is 1.25. The first-order valence-electron chi connectivity index (χ1n) is 7.39. The highest BCUT2D eigenvalue weighted by atomic mass is 16.2. The van der Waals surface area contributed by atoms with Crippen molar-refractivity contribution in [2.75, 3.05) is 26.2 Å². The van der Waals surface area contributed by atoms with Crippen LogP contribution in [0.4, 0.5) is 0 Å². The van der Waals surface area contributed by atoms with Gasteiger partial charge in [-0.25, -0.2) is 0 Å². The summed E-state index contributed by atoms with van der Waals surface area (Å²) in [7, 11) is 0. The van der Waals surface area contributed by atoms with Gasteiger partial charge >= 0.3 is 0 Å². The Morgan fingerprint density at radius 3 is 3.00 bits per heavy atom. The molecule has 2 aliphatic rings. The highest BCUT2D eigenvalue weighted by Gasteiger charge is 2.39. The second-order valence-corrected chi connectivity index (χ2v) is 5.52. The van der Waals surface area contributed by atoms with Gasteiger partial charge in [0, 0.05) is 31.9 Å². The maximum atomic E-state index is 12.3. The van der Waals surface area contributed by atoms with Crippen LogP contribution in [0.1, 0.15) is 12.0 Å². The number of amides is 3. The number of carbonyl (C=O) groups excluding carboxylic acids is 3. The molecule has 0 radical (unpaired) electrons. The molecule has 3 rings (SSSR count). The lowest BCUT2D eigenvalue weighted by atomic mass is 10.1. The molecule has 0 aliphatic carbocycles. The third-order valence-corrected chi connectivity index (χ3v) is 4.12. The van der Waals surface area contributed by atoms with Crippen LogP contribution in [0, 0.1) is 0 Å². The Morgan fingerprint density at radius 2 is 2.23 bits per heavy atom. The number of aryl methyl sites for hydroxylation is 1. The molecule has 3 amide bonds. The Labute approximate surface area is 128 Å². The smallest absolute Gasteiger partial charge is 0.245 e. The average molecular weight is 302 g/mol. The van der Waals surface area contributed by atoms with Gasteiger partial charge in [-0.05, 0) is 18.1 Å². The maximum Gasteiger partial charge on any atom is 0.245 e. The van der Waals surface area contributed by atoms with Gasteiger partial charge in [-0.1, -0.05) is 6.07 Å². The number of nitrogens with zero attached hydrogens (tertiary/aromatic N) is 3. The van der Waals surface area contributed by atoms with Crippen molar-refractivity contribution in [2.24, 2.45) is 0 Å². The maximum absolute atomic E-state index is 12.3. The third-order valence-electron chi connectivity index (χ3n) is 4.12. The second-order valence-electron chi connectivity index (χ2n) is 5.52. The predicted molar refractivity (Wildman–Crippen MR) is 77.6 cm³/mol. The van der Waals surface area contributed by atoms with Crippen LogP contribution < -0.4 is 5.32 Å². The van der Waals surface area contributed by atoms with Gasteiger partial charge in [0.05, 0.1) is 13.1 Å². The van der Waals surface area contributed by atoms with Crippen LogP contribution in [0.3, 0.4) is 0 Å². The predicted octanol–water partition coefficient (Wildman–Crippen LogP) is -0.817. The number of aromatic nitrogens is 1. The van der Waals surface area contributed by atoms with E-state index in [1.54, 1.807) is 22.2 Å². The molecule has 2 fully saturated rings. The number of nitrogens with one attached hydrogen (secondary N) is 1. The Balaban J connectivity index is 1.58. The summed E-state index contributed by atoms with van der Waals surface area (Å²) >= 11 is 0. The van der Waals surface area contributed by atoms with Crippen LogP contribution in [0.5, 0.6) is 0 Å². The molecule has 0 saturated carbocycles. The molecule has 1 unspecified atom stereocenters. The quantitative estimate of drug-likeness (QED) is 0.791. The number of rotatable bonds is 3. The normalized spacial score (nSPS) is 21.4. The number of carbonyl (C=O) groups is 3. The van der Waals surface area contributed by atoms with Crippen molar-refractivity contribution in [3.8, 4) is 0 Å². The number of pyridine rings is 1. The van der Waals surface area contributed by atoms with Crippen molar-refractivity contribution >= 4 is 17.7 Å². The van der Waals surface area contributed by atoms with Crippen LogP contribution in [0.25, 0.3) is 0 Å². The average Bonchev–Trinajstić information content (AvgIpc) is 2.57. The summed E-state index contributed by atoms with van der Waals surface area (Å²) in [5, 5.41) is 2.57. The molecule has 0 bridgehead atoms. The summed E-state index contributed by atoms with van der Waals surface area (Å²) < 4.78 is 0. The Morgan fingerprint density at radius 1 is 1.36 bits per heavy atom. The van der Waals surface area contributed by atoms with E-state index in [-0.39, 0.29) is 30.8 Å². The number of hydrogen-bond acceptors (Lipinski definition) is 4. The highest BCUT2D eigenvalue weighted by Crippen LogP contribution is 2.15. The van der Waals surface area contributed by atoms with E-state index in [9.17, 15) is 14.4 Å². The molecule has 22 heavy (non-hydrogen) atoms. The minimum absolute atomic E-state index is 0.00863. The fraction of sp³-hybridized carbons (Fsp3) is 0.467. The van der Waals surface area contributed by atoms with E-state index in [0.717, 1.165) is 5.56 Å². The zero-order chi connectivity index (χ0) is 15.5. The minimum atomic E-state index is -0.544. The van der Waals surface area contributed by atoms with Gasteiger partial charge < -0.3 is 15.1 Å². The van der Waals surface area contributed by atoms with E-state index in [4.69, 9.17) is 0 Å². The van der Waals surface area contributed by atoms with Crippen LogP contribution in [-0.2, 0) is 20.8 Å². The van der Waals surface area contributed by atoms with E-state index < -0.39 is 6.04 Å². The molecule has 0 aromatic carbocycles. The molecule has 0 spiro atoms. The van der Waals surface area contributed by atoms with Crippen LogP contribution in [0.15, 0.2) is 24.5 Å². The molecule has 1 N–H and O–H groups in total. The summed E-state index contributed by atoms with van der Waals surface area (Å²) in [5.41, 5.74) is 1.01. The molecule has 1 aromatic heterocycles. The molecule has 3 heterocycles.